The monoisotopic (exact) mass is 184 g/mol. The molecule has 0 aromatic carbocycles. The lowest BCUT2D eigenvalue weighted by molar-refractivity contribution is -0.117. The second-order valence-electron chi connectivity index (χ2n) is 3.09. The molecule has 0 aromatic heterocycles. The van der Waals surface area contributed by atoms with Crippen LogP contribution in [0.4, 0.5) is 0 Å². The molecule has 76 valence electrons. The smallest absolute Gasteiger partial charge is 0.129 e. The Bertz CT molecular complexity index is 150. The first-order chi connectivity index (χ1) is 6.27. The number of ketones is 1. The highest BCUT2D eigenvalue weighted by atomic mass is 16.5. The molecule has 0 N–H and O–H groups in total. The zero-order valence-corrected chi connectivity index (χ0v) is 8.71. The summed E-state index contributed by atoms with van der Waals surface area (Å²) in [5, 5.41) is 0. The zero-order valence-electron chi connectivity index (χ0n) is 8.71. The van der Waals surface area contributed by atoms with E-state index in [0.29, 0.717) is 13.0 Å². The van der Waals surface area contributed by atoms with Crippen molar-refractivity contribution in [3.05, 3.63) is 12.2 Å². The van der Waals surface area contributed by atoms with Crippen molar-refractivity contribution in [2.24, 2.45) is 0 Å². The van der Waals surface area contributed by atoms with Crippen LogP contribution >= 0.6 is 0 Å². The molecule has 0 saturated heterocycles. The number of ether oxygens (including phenoxy) is 1. The summed E-state index contributed by atoms with van der Waals surface area (Å²) in [5.41, 5.74) is 0. The number of allylic oxidation sites excluding steroid dienone is 1. The molecule has 0 bridgehead atoms. The van der Waals surface area contributed by atoms with E-state index in [1.54, 1.807) is 6.92 Å². The highest BCUT2D eigenvalue weighted by Gasteiger charge is 1.92. The van der Waals surface area contributed by atoms with E-state index < -0.39 is 0 Å². The van der Waals surface area contributed by atoms with Crippen molar-refractivity contribution < 1.29 is 9.53 Å². The van der Waals surface area contributed by atoms with Crippen molar-refractivity contribution in [3.8, 4) is 0 Å². The Morgan fingerprint density at radius 3 is 2.69 bits per heavy atom. The predicted molar refractivity (Wildman–Crippen MR) is 54.8 cm³/mol. The van der Waals surface area contributed by atoms with Gasteiger partial charge < -0.3 is 9.53 Å². The maximum absolute atomic E-state index is 10.6. The van der Waals surface area contributed by atoms with Crippen LogP contribution in [0.5, 0.6) is 0 Å². The third-order valence-electron chi connectivity index (χ3n) is 1.65. The van der Waals surface area contributed by atoms with E-state index >= 15 is 0 Å². The van der Waals surface area contributed by atoms with Gasteiger partial charge in [0.2, 0.25) is 0 Å². The molecule has 0 radical (unpaired) electrons. The summed E-state index contributed by atoms with van der Waals surface area (Å²) in [6.45, 7) is 5.21. The zero-order chi connectivity index (χ0) is 9.94. The summed E-state index contributed by atoms with van der Waals surface area (Å²) in [6.07, 6.45) is 7.83. The van der Waals surface area contributed by atoms with Gasteiger partial charge >= 0.3 is 0 Å². The minimum absolute atomic E-state index is 0.245. The molecule has 13 heavy (non-hydrogen) atoms. The van der Waals surface area contributed by atoms with Gasteiger partial charge in [-0.1, -0.05) is 19.1 Å². The quantitative estimate of drug-likeness (QED) is 0.428. The number of rotatable bonds is 8. The van der Waals surface area contributed by atoms with Crippen LogP contribution in [0.15, 0.2) is 12.2 Å². The van der Waals surface area contributed by atoms with Crippen LogP contribution in [0.25, 0.3) is 0 Å². The van der Waals surface area contributed by atoms with Gasteiger partial charge in [-0.2, -0.15) is 0 Å². The van der Waals surface area contributed by atoms with Crippen molar-refractivity contribution in [2.45, 2.75) is 39.5 Å². The molecule has 0 aliphatic rings. The van der Waals surface area contributed by atoms with Gasteiger partial charge in [0.25, 0.3) is 0 Å². The van der Waals surface area contributed by atoms with Gasteiger partial charge in [-0.3, -0.25) is 0 Å². The Hall–Kier alpha value is -0.630. The lowest BCUT2D eigenvalue weighted by Gasteiger charge is -2.00. The van der Waals surface area contributed by atoms with Gasteiger partial charge in [-0.15, -0.1) is 0 Å². The van der Waals surface area contributed by atoms with Crippen LogP contribution < -0.4 is 0 Å². The fourth-order valence-electron chi connectivity index (χ4n) is 0.961. The third-order valence-corrected chi connectivity index (χ3v) is 1.65. The number of carbonyl (C=O) groups excluding carboxylic acids is 1. The first-order valence-corrected chi connectivity index (χ1v) is 4.99. The topological polar surface area (TPSA) is 26.3 Å². The maximum atomic E-state index is 10.6. The molecular weight excluding hydrogens is 164 g/mol. The van der Waals surface area contributed by atoms with E-state index in [0.717, 1.165) is 25.9 Å². The number of carbonyl (C=O) groups is 1. The summed E-state index contributed by atoms with van der Waals surface area (Å²) in [5.74, 6) is 0.245. The highest BCUT2D eigenvalue weighted by Crippen LogP contribution is 1.93. The summed E-state index contributed by atoms with van der Waals surface area (Å²) in [6, 6.07) is 0. The van der Waals surface area contributed by atoms with E-state index in [1.165, 1.54) is 0 Å². The Morgan fingerprint density at radius 2 is 2.08 bits per heavy atom. The first kappa shape index (κ1) is 12.4. The van der Waals surface area contributed by atoms with Crippen molar-refractivity contribution in [1.29, 1.82) is 0 Å². The number of hydrogen-bond acceptors (Lipinski definition) is 2. The lowest BCUT2D eigenvalue weighted by atomic mass is 10.2. The van der Waals surface area contributed by atoms with Crippen LogP contribution in [0.2, 0.25) is 0 Å². The summed E-state index contributed by atoms with van der Waals surface area (Å²) < 4.78 is 5.33. The van der Waals surface area contributed by atoms with Gasteiger partial charge in [0.1, 0.15) is 5.78 Å². The SMILES string of the molecule is CCC=CCCOCCCC(C)=O. The van der Waals surface area contributed by atoms with E-state index in [-0.39, 0.29) is 5.78 Å². The molecule has 0 spiro atoms. The first-order valence-electron chi connectivity index (χ1n) is 4.99. The molecule has 0 unspecified atom stereocenters. The molecule has 0 aliphatic carbocycles. The van der Waals surface area contributed by atoms with Crippen molar-refractivity contribution >= 4 is 5.78 Å². The highest BCUT2D eigenvalue weighted by molar-refractivity contribution is 5.75. The Morgan fingerprint density at radius 1 is 1.31 bits per heavy atom. The molecule has 0 saturated carbocycles. The lowest BCUT2D eigenvalue weighted by Crippen LogP contribution is -1.98. The van der Waals surface area contributed by atoms with Crippen LogP contribution in [-0.2, 0) is 9.53 Å². The maximum Gasteiger partial charge on any atom is 0.129 e. The second kappa shape index (κ2) is 9.46. The summed E-state index contributed by atoms with van der Waals surface area (Å²) in [7, 11) is 0. The van der Waals surface area contributed by atoms with Crippen LogP contribution in [0.3, 0.4) is 0 Å². The fraction of sp³-hybridized carbons (Fsp3) is 0.727. The number of Topliss-reactive ketones (excluding diaryl/α,β-unsaturated/α-hetero) is 1. The van der Waals surface area contributed by atoms with Crippen molar-refractivity contribution in [3.63, 3.8) is 0 Å². The second-order valence-corrected chi connectivity index (χ2v) is 3.09. The molecule has 0 heterocycles. The average molecular weight is 184 g/mol. The van der Waals surface area contributed by atoms with Crippen molar-refractivity contribution in [2.75, 3.05) is 13.2 Å². The number of hydrogen-bond donors (Lipinski definition) is 0. The molecule has 0 aromatic rings. The molecule has 2 nitrogen and oxygen atoms in total. The molecule has 0 amide bonds. The van der Waals surface area contributed by atoms with Gasteiger partial charge in [0, 0.05) is 13.0 Å². The molecule has 0 rings (SSSR count). The molecular formula is C11H20O2. The van der Waals surface area contributed by atoms with Crippen LogP contribution in [0, 0.1) is 0 Å². The van der Waals surface area contributed by atoms with Gasteiger partial charge in [0.05, 0.1) is 6.61 Å². The van der Waals surface area contributed by atoms with E-state index in [4.69, 9.17) is 4.74 Å². The largest absolute Gasteiger partial charge is 0.381 e. The molecule has 0 atom stereocenters. The fourth-order valence-corrected chi connectivity index (χ4v) is 0.961. The Labute approximate surface area is 81.0 Å². The minimum Gasteiger partial charge on any atom is -0.381 e. The summed E-state index contributed by atoms with van der Waals surface area (Å²) >= 11 is 0. The van der Waals surface area contributed by atoms with Crippen LogP contribution in [-0.4, -0.2) is 19.0 Å². The van der Waals surface area contributed by atoms with Gasteiger partial charge in [0.15, 0.2) is 0 Å². The van der Waals surface area contributed by atoms with E-state index in [9.17, 15) is 4.79 Å². The van der Waals surface area contributed by atoms with Crippen molar-refractivity contribution in [1.82, 2.24) is 0 Å². The third kappa shape index (κ3) is 11.4. The Balaban J connectivity index is 2.99. The van der Waals surface area contributed by atoms with Gasteiger partial charge in [-0.25, -0.2) is 0 Å². The standard InChI is InChI=1S/C11H20O2/c1-3-4-5-6-9-13-10-7-8-11(2)12/h4-5H,3,6-10H2,1-2H3. The predicted octanol–water partition coefficient (Wildman–Crippen LogP) is 2.73. The van der Waals surface area contributed by atoms with Gasteiger partial charge in [-0.05, 0) is 26.2 Å². The van der Waals surface area contributed by atoms with E-state index in [1.807, 2.05) is 0 Å². The Kier molecular flexibility index (Phi) is 9.00. The minimum atomic E-state index is 0.245. The van der Waals surface area contributed by atoms with E-state index in [2.05, 4.69) is 19.1 Å². The summed E-state index contributed by atoms with van der Waals surface area (Å²) in [4.78, 5) is 10.6. The van der Waals surface area contributed by atoms with Crippen LogP contribution in [0.1, 0.15) is 39.5 Å². The molecule has 2 heteroatoms. The molecule has 0 aliphatic heterocycles. The molecule has 0 fully saturated rings. The average Bonchev–Trinajstić information content (AvgIpc) is 2.09. The normalized spacial score (nSPS) is 10.9.